The molecule has 0 aliphatic heterocycles. The number of unbranched alkanes of at least 4 members (excludes halogenated alkanes) is 1. The van der Waals surface area contributed by atoms with Crippen LogP contribution in [-0.2, 0) is 4.74 Å². The number of carbonyl (C=O) groups excluding carboxylic acids is 1. The van der Waals surface area contributed by atoms with Gasteiger partial charge in [-0.05, 0) is 35.1 Å². The van der Waals surface area contributed by atoms with E-state index in [0.717, 1.165) is 35.1 Å². The molecule has 0 fully saturated rings. The molecule has 2 nitrogen and oxygen atoms in total. The molecular weight excluding hydrogens is 296 g/mol. The molecule has 2 heteroatoms. The van der Waals surface area contributed by atoms with Crippen molar-refractivity contribution in [3.8, 4) is 11.1 Å². The topological polar surface area (TPSA) is 26.3 Å². The summed E-state index contributed by atoms with van der Waals surface area (Å²) in [6.07, 6.45) is 7.91. The van der Waals surface area contributed by atoms with Gasteiger partial charge < -0.3 is 4.74 Å². The first-order valence-electron chi connectivity index (χ1n) is 8.91. The van der Waals surface area contributed by atoms with Gasteiger partial charge in [0.25, 0.3) is 0 Å². The van der Waals surface area contributed by atoms with Crippen LogP contribution in [0.25, 0.3) is 11.1 Å². The maximum absolute atomic E-state index is 12.7. The van der Waals surface area contributed by atoms with Gasteiger partial charge >= 0.3 is 5.97 Å². The van der Waals surface area contributed by atoms with Crippen molar-refractivity contribution >= 4 is 5.97 Å². The Labute approximate surface area is 144 Å². The fraction of sp³-hybridized carbons (Fsp3) is 0.364. The van der Waals surface area contributed by atoms with E-state index < -0.39 is 0 Å². The minimum Gasteiger partial charge on any atom is -0.462 e. The molecule has 0 saturated heterocycles. The Kier molecular flexibility index (Phi) is 5.34. The van der Waals surface area contributed by atoms with Crippen LogP contribution in [0.1, 0.15) is 61.0 Å². The molecule has 3 rings (SSSR count). The zero-order valence-corrected chi connectivity index (χ0v) is 14.5. The number of benzene rings is 2. The van der Waals surface area contributed by atoms with Gasteiger partial charge in [-0.15, -0.1) is 0 Å². The summed E-state index contributed by atoms with van der Waals surface area (Å²) in [5, 5.41) is 0. The summed E-state index contributed by atoms with van der Waals surface area (Å²) in [4.78, 5) is 12.7. The van der Waals surface area contributed by atoms with Crippen molar-refractivity contribution in [2.24, 2.45) is 5.92 Å². The lowest BCUT2D eigenvalue weighted by molar-refractivity contribution is 0.0429. The fourth-order valence-corrected chi connectivity index (χ4v) is 3.24. The van der Waals surface area contributed by atoms with Gasteiger partial charge in [-0.1, -0.05) is 69.5 Å². The molecule has 1 aliphatic carbocycles. The second kappa shape index (κ2) is 7.65. The molecule has 0 spiro atoms. The molecule has 0 amide bonds. The van der Waals surface area contributed by atoms with Crippen molar-refractivity contribution < 1.29 is 9.53 Å². The van der Waals surface area contributed by atoms with Gasteiger partial charge in [0.2, 0.25) is 0 Å². The summed E-state index contributed by atoms with van der Waals surface area (Å²) in [6, 6.07) is 13.8. The van der Waals surface area contributed by atoms with E-state index in [0.29, 0.717) is 18.1 Å². The predicted octanol–water partition coefficient (Wildman–Crippen LogP) is 5.52. The molecule has 2 aromatic carbocycles. The first-order chi connectivity index (χ1) is 11.7. The van der Waals surface area contributed by atoms with E-state index in [1.165, 1.54) is 12.8 Å². The maximum Gasteiger partial charge on any atom is 0.338 e. The standard InChI is InChI=1S/C22H24O2/c1-3-5-9-16(4-2)15-24-22(23)20-13-8-11-18-14-17-10-6-7-12-19(17)21(18)20/h6-8,10-13,16H,3-5,9,15H2,1-2H3. The molecular formula is C22H24O2. The van der Waals surface area contributed by atoms with Crippen molar-refractivity contribution in [1.29, 1.82) is 0 Å². The Morgan fingerprint density at radius 3 is 2.67 bits per heavy atom. The number of hydrogen-bond donors (Lipinski definition) is 0. The van der Waals surface area contributed by atoms with Crippen LogP contribution in [0.5, 0.6) is 0 Å². The fourth-order valence-electron chi connectivity index (χ4n) is 3.24. The van der Waals surface area contributed by atoms with E-state index in [4.69, 9.17) is 4.74 Å². The summed E-state index contributed by atoms with van der Waals surface area (Å²) in [6.45, 7) is 4.86. The Bertz CT molecular complexity index is 718. The van der Waals surface area contributed by atoms with E-state index >= 15 is 0 Å². The van der Waals surface area contributed by atoms with Crippen LogP contribution in [0.3, 0.4) is 0 Å². The van der Waals surface area contributed by atoms with Gasteiger partial charge in [-0.2, -0.15) is 0 Å². The number of ether oxygens (including phenoxy) is 1. The SMILES string of the molecule is CCCCC(CC)COC(=O)c1cccc2c1-c1ccccc1[C]2. The minimum absolute atomic E-state index is 0.222. The molecule has 1 aliphatic rings. The lowest BCUT2D eigenvalue weighted by atomic mass is 9.99. The minimum atomic E-state index is -0.222. The lowest BCUT2D eigenvalue weighted by Crippen LogP contribution is -2.14. The highest BCUT2D eigenvalue weighted by molar-refractivity contribution is 6.01. The number of hydrogen-bond acceptors (Lipinski definition) is 2. The first-order valence-corrected chi connectivity index (χ1v) is 8.91. The molecule has 24 heavy (non-hydrogen) atoms. The third kappa shape index (κ3) is 3.38. The van der Waals surface area contributed by atoms with Crippen LogP contribution in [0.15, 0.2) is 42.5 Å². The number of esters is 1. The summed E-state index contributed by atoms with van der Waals surface area (Å²) in [7, 11) is 0. The highest BCUT2D eigenvalue weighted by Gasteiger charge is 2.25. The summed E-state index contributed by atoms with van der Waals surface area (Å²) < 4.78 is 5.65. The van der Waals surface area contributed by atoms with Crippen molar-refractivity contribution in [1.82, 2.24) is 0 Å². The zero-order chi connectivity index (χ0) is 16.9. The van der Waals surface area contributed by atoms with E-state index in [-0.39, 0.29) is 5.97 Å². The van der Waals surface area contributed by atoms with Gasteiger partial charge in [-0.25, -0.2) is 4.79 Å². The second-order valence-corrected chi connectivity index (χ2v) is 6.41. The number of carbonyl (C=O) groups is 1. The van der Waals surface area contributed by atoms with Crippen LogP contribution in [0.2, 0.25) is 0 Å². The van der Waals surface area contributed by atoms with E-state index in [1.807, 2.05) is 42.5 Å². The van der Waals surface area contributed by atoms with Crippen LogP contribution in [-0.4, -0.2) is 12.6 Å². The van der Waals surface area contributed by atoms with Gasteiger partial charge in [-0.3, -0.25) is 0 Å². The first kappa shape index (κ1) is 16.8. The Morgan fingerprint density at radius 2 is 1.88 bits per heavy atom. The molecule has 0 bridgehead atoms. The Balaban J connectivity index is 1.77. The van der Waals surface area contributed by atoms with E-state index in [1.54, 1.807) is 0 Å². The average molecular weight is 320 g/mol. The summed E-state index contributed by atoms with van der Waals surface area (Å²) in [5.41, 5.74) is 4.69. The zero-order valence-electron chi connectivity index (χ0n) is 14.5. The largest absolute Gasteiger partial charge is 0.462 e. The van der Waals surface area contributed by atoms with Gasteiger partial charge in [0, 0.05) is 5.56 Å². The van der Waals surface area contributed by atoms with Gasteiger partial charge in [0.1, 0.15) is 0 Å². The van der Waals surface area contributed by atoms with Crippen molar-refractivity contribution in [2.45, 2.75) is 39.5 Å². The monoisotopic (exact) mass is 320 g/mol. The van der Waals surface area contributed by atoms with Crippen molar-refractivity contribution in [3.63, 3.8) is 0 Å². The average Bonchev–Trinajstić information content (AvgIpc) is 3.00. The Hall–Kier alpha value is -2.09. The molecule has 2 aromatic rings. The molecule has 0 aromatic heterocycles. The predicted molar refractivity (Wildman–Crippen MR) is 96.9 cm³/mol. The van der Waals surface area contributed by atoms with Gasteiger partial charge in [0.05, 0.1) is 18.6 Å². The van der Waals surface area contributed by atoms with Crippen LogP contribution < -0.4 is 0 Å². The van der Waals surface area contributed by atoms with E-state index in [2.05, 4.69) is 20.3 Å². The normalized spacial score (nSPS) is 13.2. The van der Waals surface area contributed by atoms with Gasteiger partial charge in [0.15, 0.2) is 0 Å². The number of rotatable bonds is 7. The highest BCUT2D eigenvalue weighted by atomic mass is 16.5. The second-order valence-electron chi connectivity index (χ2n) is 6.41. The summed E-state index contributed by atoms with van der Waals surface area (Å²) in [5.74, 6) is 0.233. The molecule has 1 atom stereocenters. The van der Waals surface area contributed by atoms with Crippen LogP contribution in [0.4, 0.5) is 0 Å². The molecule has 0 heterocycles. The highest BCUT2D eigenvalue weighted by Crippen LogP contribution is 2.40. The smallest absolute Gasteiger partial charge is 0.338 e. The van der Waals surface area contributed by atoms with E-state index in [9.17, 15) is 4.79 Å². The summed E-state index contributed by atoms with van der Waals surface area (Å²) >= 11 is 0. The Morgan fingerprint density at radius 1 is 1.08 bits per heavy atom. The van der Waals surface area contributed by atoms with Crippen LogP contribution >= 0.6 is 0 Å². The molecule has 2 radical (unpaired) electrons. The number of fused-ring (bicyclic) bond motifs is 3. The quantitative estimate of drug-likeness (QED) is 0.536. The third-order valence-electron chi connectivity index (χ3n) is 4.74. The maximum atomic E-state index is 12.7. The third-order valence-corrected chi connectivity index (χ3v) is 4.74. The molecule has 0 N–H and O–H groups in total. The van der Waals surface area contributed by atoms with Crippen LogP contribution in [0, 0.1) is 12.3 Å². The van der Waals surface area contributed by atoms with Crippen molar-refractivity contribution in [2.75, 3.05) is 6.61 Å². The molecule has 1 unspecified atom stereocenters. The molecule has 124 valence electrons. The van der Waals surface area contributed by atoms with Crippen molar-refractivity contribution in [3.05, 3.63) is 65.6 Å². The molecule has 0 saturated carbocycles. The lowest BCUT2D eigenvalue weighted by Gasteiger charge is -2.15.